The van der Waals surface area contributed by atoms with Gasteiger partial charge in [0.2, 0.25) is 10.0 Å². The average molecular weight is 290 g/mol. The molecule has 2 aliphatic heterocycles. The van der Waals surface area contributed by atoms with E-state index in [1.54, 1.807) is 6.92 Å². The second-order valence-electron chi connectivity index (χ2n) is 5.08. The van der Waals surface area contributed by atoms with Gasteiger partial charge >= 0.3 is 5.97 Å². The minimum Gasteiger partial charge on any atom is -0.465 e. The fourth-order valence-corrected chi connectivity index (χ4v) is 4.61. The predicted molar refractivity (Wildman–Crippen MR) is 71.2 cm³/mol. The number of carbonyl (C=O) groups excluding carboxylic acids is 1. The lowest BCUT2D eigenvalue weighted by atomic mass is 10.1. The highest BCUT2D eigenvalue weighted by molar-refractivity contribution is 7.89. The zero-order chi connectivity index (χ0) is 13.9. The Morgan fingerprint density at radius 3 is 2.79 bits per heavy atom. The average Bonchev–Trinajstić information content (AvgIpc) is 2.99. The second kappa shape index (κ2) is 6.19. The summed E-state index contributed by atoms with van der Waals surface area (Å²) in [6, 6.07) is 0.237. The Kier molecular flexibility index (Phi) is 4.81. The molecule has 110 valence electrons. The van der Waals surface area contributed by atoms with E-state index in [-0.39, 0.29) is 18.7 Å². The SMILES string of the molecule is CCOC(=O)CS(=O)(=O)N1CCCC1C1CCCN1. The third-order valence-corrected chi connectivity index (χ3v) is 5.54. The molecule has 1 N–H and O–H groups in total. The first-order valence-electron chi connectivity index (χ1n) is 6.93. The van der Waals surface area contributed by atoms with Crippen LogP contribution >= 0.6 is 0 Å². The van der Waals surface area contributed by atoms with Crippen LogP contribution in [0.3, 0.4) is 0 Å². The summed E-state index contributed by atoms with van der Waals surface area (Å²) in [5.41, 5.74) is 0. The van der Waals surface area contributed by atoms with E-state index in [9.17, 15) is 13.2 Å². The first kappa shape index (κ1) is 14.7. The maximum absolute atomic E-state index is 12.3. The molecule has 2 atom stereocenters. The van der Waals surface area contributed by atoms with Gasteiger partial charge < -0.3 is 10.1 Å². The van der Waals surface area contributed by atoms with Crippen LogP contribution < -0.4 is 5.32 Å². The standard InChI is InChI=1S/C12H22N2O4S/c1-2-18-12(15)9-19(16,17)14-8-4-6-11(14)10-5-3-7-13-10/h10-11,13H,2-9H2,1H3. The largest absolute Gasteiger partial charge is 0.465 e. The summed E-state index contributed by atoms with van der Waals surface area (Å²) in [7, 11) is -3.55. The topological polar surface area (TPSA) is 75.7 Å². The van der Waals surface area contributed by atoms with Gasteiger partial charge in [-0.05, 0) is 39.2 Å². The van der Waals surface area contributed by atoms with Gasteiger partial charge in [-0.15, -0.1) is 0 Å². The Bertz CT molecular complexity index is 417. The fraction of sp³-hybridized carbons (Fsp3) is 0.917. The van der Waals surface area contributed by atoms with Gasteiger partial charge in [0, 0.05) is 18.6 Å². The maximum atomic E-state index is 12.3. The lowest BCUT2D eigenvalue weighted by Crippen LogP contribution is -2.48. The van der Waals surface area contributed by atoms with E-state index in [4.69, 9.17) is 4.74 Å². The number of ether oxygens (including phenoxy) is 1. The van der Waals surface area contributed by atoms with Crippen molar-refractivity contribution in [3.63, 3.8) is 0 Å². The van der Waals surface area contributed by atoms with Crippen LogP contribution in [-0.2, 0) is 19.6 Å². The molecule has 0 radical (unpaired) electrons. The molecule has 2 unspecified atom stereocenters. The molecule has 0 amide bonds. The summed E-state index contributed by atoms with van der Waals surface area (Å²) in [5, 5.41) is 3.36. The van der Waals surface area contributed by atoms with Gasteiger partial charge in [0.1, 0.15) is 0 Å². The number of hydrogen-bond acceptors (Lipinski definition) is 5. The highest BCUT2D eigenvalue weighted by Gasteiger charge is 2.40. The molecule has 0 aromatic carbocycles. The van der Waals surface area contributed by atoms with Crippen LogP contribution in [0.1, 0.15) is 32.6 Å². The molecule has 0 saturated carbocycles. The van der Waals surface area contributed by atoms with E-state index in [0.29, 0.717) is 6.54 Å². The molecule has 2 fully saturated rings. The first-order chi connectivity index (χ1) is 9.04. The summed E-state index contributed by atoms with van der Waals surface area (Å²) in [6.45, 7) is 3.35. The summed E-state index contributed by atoms with van der Waals surface area (Å²) in [6.07, 6.45) is 3.84. The quantitative estimate of drug-likeness (QED) is 0.727. The maximum Gasteiger partial charge on any atom is 0.322 e. The van der Waals surface area contributed by atoms with Crippen LogP contribution in [0.25, 0.3) is 0 Å². The highest BCUT2D eigenvalue weighted by atomic mass is 32.2. The molecule has 2 rings (SSSR count). The molecular formula is C12H22N2O4S. The van der Waals surface area contributed by atoms with Crippen molar-refractivity contribution in [2.75, 3.05) is 25.4 Å². The van der Waals surface area contributed by atoms with Gasteiger partial charge in [-0.3, -0.25) is 4.79 Å². The predicted octanol–water partition coefficient (Wildman–Crippen LogP) is 0.0957. The summed E-state index contributed by atoms with van der Waals surface area (Å²) in [5.74, 6) is -1.20. The number of nitrogens with one attached hydrogen (secondary N) is 1. The monoisotopic (exact) mass is 290 g/mol. The number of esters is 1. The second-order valence-corrected chi connectivity index (χ2v) is 7.01. The summed E-state index contributed by atoms with van der Waals surface area (Å²) >= 11 is 0. The van der Waals surface area contributed by atoms with Crippen molar-refractivity contribution in [3.8, 4) is 0 Å². The van der Waals surface area contributed by atoms with Gasteiger partial charge in [0.25, 0.3) is 0 Å². The van der Waals surface area contributed by atoms with E-state index >= 15 is 0 Å². The molecule has 0 aromatic rings. The van der Waals surface area contributed by atoms with Crippen molar-refractivity contribution in [1.29, 1.82) is 0 Å². The van der Waals surface area contributed by atoms with Gasteiger partial charge in [0.05, 0.1) is 6.61 Å². The van der Waals surface area contributed by atoms with Crippen LogP contribution in [0.2, 0.25) is 0 Å². The third kappa shape index (κ3) is 3.46. The van der Waals surface area contributed by atoms with Crippen LogP contribution in [0.5, 0.6) is 0 Å². The van der Waals surface area contributed by atoms with Crippen LogP contribution in [-0.4, -0.2) is 56.2 Å². The minimum atomic E-state index is -3.55. The molecule has 0 aliphatic carbocycles. The Hall–Kier alpha value is -0.660. The Morgan fingerprint density at radius 1 is 1.37 bits per heavy atom. The normalized spacial score (nSPS) is 28.7. The van der Waals surface area contributed by atoms with Crippen molar-refractivity contribution in [2.24, 2.45) is 0 Å². The van der Waals surface area contributed by atoms with Crippen molar-refractivity contribution in [2.45, 2.75) is 44.7 Å². The van der Waals surface area contributed by atoms with Gasteiger partial charge in [-0.1, -0.05) is 0 Å². The van der Waals surface area contributed by atoms with E-state index in [1.807, 2.05) is 0 Å². The zero-order valence-corrected chi connectivity index (χ0v) is 12.1. The molecule has 7 heteroatoms. The number of rotatable bonds is 5. The first-order valence-corrected chi connectivity index (χ1v) is 8.54. The molecule has 19 heavy (non-hydrogen) atoms. The molecule has 0 aromatic heterocycles. The van der Waals surface area contributed by atoms with Crippen LogP contribution in [0.4, 0.5) is 0 Å². The molecule has 0 spiro atoms. The van der Waals surface area contributed by atoms with Crippen molar-refractivity contribution < 1.29 is 17.9 Å². The Balaban J connectivity index is 2.03. The number of nitrogens with zero attached hydrogens (tertiary/aromatic N) is 1. The highest BCUT2D eigenvalue weighted by Crippen LogP contribution is 2.27. The number of sulfonamides is 1. The van der Waals surface area contributed by atoms with Crippen LogP contribution in [0, 0.1) is 0 Å². The molecule has 2 aliphatic rings. The van der Waals surface area contributed by atoms with E-state index in [2.05, 4.69) is 5.32 Å². The van der Waals surface area contributed by atoms with Crippen molar-refractivity contribution in [1.82, 2.24) is 9.62 Å². The fourth-order valence-electron chi connectivity index (χ4n) is 2.99. The minimum absolute atomic E-state index is 0.00178. The van der Waals surface area contributed by atoms with Gasteiger partial charge in [-0.25, -0.2) is 8.42 Å². The molecule has 0 bridgehead atoms. The third-order valence-electron chi connectivity index (χ3n) is 3.77. The summed E-state index contributed by atoms with van der Waals surface area (Å²) < 4.78 is 30.8. The lowest BCUT2D eigenvalue weighted by Gasteiger charge is -2.28. The van der Waals surface area contributed by atoms with E-state index in [1.165, 1.54) is 4.31 Å². The van der Waals surface area contributed by atoms with E-state index in [0.717, 1.165) is 32.2 Å². The lowest BCUT2D eigenvalue weighted by molar-refractivity contribution is -0.140. The van der Waals surface area contributed by atoms with Crippen LogP contribution in [0.15, 0.2) is 0 Å². The van der Waals surface area contributed by atoms with E-state index < -0.39 is 21.7 Å². The van der Waals surface area contributed by atoms with Gasteiger partial charge in [0.15, 0.2) is 5.75 Å². The number of carbonyl (C=O) groups is 1. The smallest absolute Gasteiger partial charge is 0.322 e. The van der Waals surface area contributed by atoms with Crippen molar-refractivity contribution >= 4 is 16.0 Å². The van der Waals surface area contributed by atoms with Gasteiger partial charge in [-0.2, -0.15) is 4.31 Å². The Labute approximate surface area is 114 Å². The number of hydrogen-bond donors (Lipinski definition) is 1. The molecule has 2 saturated heterocycles. The molecular weight excluding hydrogens is 268 g/mol. The van der Waals surface area contributed by atoms with Crippen molar-refractivity contribution in [3.05, 3.63) is 0 Å². The summed E-state index contributed by atoms with van der Waals surface area (Å²) in [4.78, 5) is 11.4. The zero-order valence-electron chi connectivity index (χ0n) is 11.3. The molecule has 2 heterocycles. The molecule has 6 nitrogen and oxygen atoms in total. The Morgan fingerprint density at radius 2 is 2.16 bits per heavy atom.